The first kappa shape index (κ1) is 18.7. The molecule has 134 valence electrons. The van der Waals surface area contributed by atoms with E-state index in [1.165, 1.54) is 4.57 Å². The molecular formula is C18H25N4O3+. The van der Waals surface area contributed by atoms with Crippen molar-refractivity contribution < 1.29 is 9.69 Å². The molecule has 0 spiro atoms. The monoisotopic (exact) mass is 345 g/mol. The second-order valence-corrected chi connectivity index (χ2v) is 6.04. The van der Waals surface area contributed by atoms with Crippen molar-refractivity contribution in [3.63, 3.8) is 0 Å². The molecule has 0 bridgehead atoms. The number of hydrogen-bond donors (Lipinski definition) is 3. The Labute approximate surface area is 146 Å². The van der Waals surface area contributed by atoms with Gasteiger partial charge >= 0.3 is 5.69 Å². The van der Waals surface area contributed by atoms with Crippen LogP contribution in [0.4, 0.5) is 5.82 Å². The topological polar surface area (TPSA) is 102 Å². The average molecular weight is 345 g/mol. The lowest BCUT2D eigenvalue weighted by Crippen LogP contribution is -3.11. The van der Waals surface area contributed by atoms with Gasteiger partial charge in [0, 0.05) is 12.1 Å². The molecule has 1 aromatic carbocycles. The molecule has 1 unspecified atom stereocenters. The van der Waals surface area contributed by atoms with Gasteiger partial charge < -0.3 is 10.6 Å². The first-order chi connectivity index (χ1) is 12.0. The quantitative estimate of drug-likeness (QED) is 0.577. The van der Waals surface area contributed by atoms with Crippen LogP contribution in [-0.4, -0.2) is 28.4 Å². The Bertz CT molecular complexity index is 840. The summed E-state index contributed by atoms with van der Waals surface area (Å²) in [6.45, 7) is 5.78. The maximum atomic E-state index is 12.7. The van der Waals surface area contributed by atoms with Crippen LogP contribution in [0.3, 0.4) is 0 Å². The molecule has 0 aliphatic carbocycles. The fraction of sp³-hybridized carbons (Fsp3) is 0.389. The van der Waals surface area contributed by atoms with Gasteiger partial charge in [0.05, 0.1) is 6.54 Å². The second kappa shape index (κ2) is 8.43. The van der Waals surface area contributed by atoms with E-state index in [1.807, 2.05) is 44.2 Å². The Hall–Kier alpha value is -2.67. The van der Waals surface area contributed by atoms with Gasteiger partial charge in [-0.2, -0.15) is 0 Å². The molecule has 0 aliphatic heterocycles. The molecule has 0 saturated carbocycles. The van der Waals surface area contributed by atoms with E-state index in [9.17, 15) is 14.4 Å². The number of carbonyl (C=O) groups is 1. The molecule has 1 heterocycles. The maximum Gasteiger partial charge on any atom is 0.329 e. The summed E-state index contributed by atoms with van der Waals surface area (Å²) < 4.78 is 1.25. The minimum absolute atomic E-state index is 0.0456. The van der Waals surface area contributed by atoms with Gasteiger partial charge in [0.1, 0.15) is 24.5 Å². The van der Waals surface area contributed by atoms with E-state index in [0.29, 0.717) is 19.5 Å². The molecule has 7 heteroatoms. The van der Waals surface area contributed by atoms with E-state index in [2.05, 4.69) is 4.98 Å². The summed E-state index contributed by atoms with van der Waals surface area (Å²) in [5.74, 6) is -0.396. The molecule has 0 saturated heterocycles. The number of H-pyrrole nitrogens is 1. The number of Topliss-reactive ketones (excluding diaryl/α,β-unsaturated/α-hetero) is 1. The third-order valence-electron chi connectivity index (χ3n) is 4.17. The van der Waals surface area contributed by atoms with E-state index in [4.69, 9.17) is 5.73 Å². The van der Waals surface area contributed by atoms with Gasteiger partial charge in [0.25, 0.3) is 5.56 Å². The summed E-state index contributed by atoms with van der Waals surface area (Å²) in [5, 5.41) is 0. The molecule has 0 radical (unpaired) electrons. The zero-order chi connectivity index (χ0) is 18.4. The van der Waals surface area contributed by atoms with Crippen molar-refractivity contribution in [2.45, 2.75) is 33.4 Å². The van der Waals surface area contributed by atoms with Gasteiger partial charge in [-0.15, -0.1) is 0 Å². The third kappa shape index (κ3) is 4.45. The zero-order valence-electron chi connectivity index (χ0n) is 14.7. The fourth-order valence-corrected chi connectivity index (χ4v) is 2.82. The summed E-state index contributed by atoms with van der Waals surface area (Å²) in [6.07, 6.45) is 0.671. The Morgan fingerprint density at radius 3 is 2.48 bits per heavy atom. The Morgan fingerprint density at radius 1 is 1.20 bits per heavy atom. The number of benzene rings is 1. The van der Waals surface area contributed by atoms with Crippen LogP contribution in [0, 0.1) is 0 Å². The molecule has 2 rings (SSSR count). The van der Waals surface area contributed by atoms with Gasteiger partial charge in [-0.05, 0) is 13.3 Å². The predicted molar refractivity (Wildman–Crippen MR) is 96.9 cm³/mol. The third-order valence-corrected chi connectivity index (χ3v) is 4.17. The van der Waals surface area contributed by atoms with Gasteiger partial charge in [0.15, 0.2) is 0 Å². The lowest BCUT2D eigenvalue weighted by atomic mass is 10.1. The number of likely N-dealkylation sites (N-methyl/N-ethyl adjacent to an activating group) is 1. The minimum Gasteiger partial charge on any atom is -0.384 e. The van der Waals surface area contributed by atoms with Crippen molar-refractivity contribution in [1.29, 1.82) is 0 Å². The lowest BCUT2D eigenvalue weighted by Gasteiger charge is -2.18. The van der Waals surface area contributed by atoms with E-state index < -0.39 is 11.2 Å². The highest BCUT2D eigenvalue weighted by atomic mass is 16.2. The smallest absolute Gasteiger partial charge is 0.329 e. The summed E-state index contributed by atoms with van der Waals surface area (Å²) >= 11 is 0. The Morgan fingerprint density at radius 2 is 1.88 bits per heavy atom. The van der Waals surface area contributed by atoms with Crippen LogP contribution in [0.2, 0.25) is 0 Å². The fourth-order valence-electron chi connectivity index (χ4n) is 2.82. The molecule has 1 aromatic heterocycles. The van der Waals surface area contributed by atoms with Crippen LogP contribution in [0.5, 0.6) is 0 Å². The van der Waals surface area contributed by atoms with Crippen LogP contribution < -0.4 is 21.9 Å². The van der Waals surface area contributed by atoms with Crippen LogP contribution in [0.15, 0.2) is 39.9 Å². The number of ketones is 1. The summed E-state index contributed by atoms with van der Waals surface area (Å²) in [4.78, 5) is 39.9. The van der Waals surface area contributed by atoms with Crippen molar-refractivity contribution in [3.8, 4) is 0 Å². The molecule has 25 heavy (non-hydrogen) atoms. The van der Waals surface area contributed by atoms with Crippen molar-refractivity contribution >= 4 is 11.6 Å². The number of nitrogens with two attached hydrogens (primary N) is 1. The molecule has 4 N–H and O–H groups in total. The first-order valence-corrected chi connectivity index (χ1v) is 8.51. The predicted octanol–water partition coefficient (Wildman–Crippen LogP) is -0.183. The molecular weight excluding hydrogens is 320 g/mol. The Balaban J connectivity index is 2.26. The summed E-state index contributed by atoms with van der Waals surface area (Å²) in [6, 6.07) is 9.85. The largest absolute Gasteiger partial charge is 0.384 e. The number of quaternary nitrogens is 1. The standard InChI is InChI=1S/C18H24N4O3/c1-3-10-22-16(19)15(17(24)20-18(22)25)14(23)12-21(4-2)11-13-8-6-5-7-9-13/h5-9H,3-4,10-12,19H2,1-2H3,(H,20,24,25)/p+1. The Kier molecular flexibility index (Phi) is 6.30. The van der Waals surface area contributed by atoms with Crippen molar-refractivity contribution in [2.24, 2.45) is 0 Å². The van der Waals surface area contributed by atoms with E-state index >= 15 is 0 Å². The minimum atomic E-state index is -0.713. The second-order valence-electron chi connectivity index (χ2n) is 6.04. The van der Waals surface area contributed by atoms with E-state index in [-0.39, 0.29) is 23.7 Å². The van der Waals surface area contributed by atoms with Gasteiger partial charge in [-0.25, -0.2) is 4.79 Å². The number of nitrogen functional groups attached to an aromatic ring is 1. The van der Waals surface area contributed by atoms with Gasteiger partial charge in [-0.1, -0.05) is 37.3 Å². The average Bonchev–Trinajstić information content (AvgIpc) is 2.58. The van der Waals surface area contributed by atoms with Crippen molar-refractivity contribution in [2.75, 3.05) is 18.8 Å². The van der Waals surface area contributed by atoms with E-state index in [1.54, 1.807) is 0 Å². The number of rotatable bonds is 8. The van der Waals surface area contributed by atoms with Crippen LogP contribution >= 0.6 is 0 Å². The van der Waals surface area contributed by atoms with Crippen LogP contribution in [0.25, 0.3) is 0 Å². The zero-order valence-corrected chi connectivity index (χ0v) is 14.7. The highest BCUT2D eigenvalue weighted by molar-refractivity contribution is 6.00. The van der Waals surface area contributed by atoms with Crippen LogP contribution in [0.1, 0.15) is 36.2 Å². The lowest BCUT2D eigenvalue weighted by molar-refractivity contribution is -0.903. The SMILES string of the molecule is CCCn1c(N)c(C(=O)C[NH+](CC)Cc2ccccc2)c(=O)[nH]c1=O. The number of nitrogens with zero attached hydrogens (tertiary/aromatic N) is 1. The highest BCUT2D eigenvalue weighted by Gasteiger charge is 2.23. The van der Waals surface area contributed by atoms with Gasteiger partial charge in [0.2, 0.25) is 5.78 Å². The molecule has 1 atom stereocenters. The summed E-state index contributed by atoms with van der Waals surface area (Å²) in [7, 11) is 0. The number of nitrogens with one attached hydrogen (secondary N) is 2. The van der Waals surface area contributed by atoms with Crippen molar-refractivity contribution in [1.82, 2.24) is 9.55 Å². The number of anilines is 1. The number of hydrogen-bond acceptors (Lipinski definition) is 4. The molecule has 0 fully saturated rings. The van der Waals surface area contributed by atoms with Crippen LogP contribution in [-0.2, 0) is 13.1 Å². The van der Waals surface area contributed by atoms with E-state index in [0.717, 1.165) is 17.0 Å². The number of aromatic amines is 1. The normalized spacial score (nSPS) is 12.1. The molecule has 7 nitrogen and oxygen atoms in total. The number of aromatic nitrogens is 2. The molecule has 0 amide bonds. The molecule has 2 aromatic rings. The number of carbonyl (C=O) groups excluding carboxylic acids is 1. The first-order valence-electron chi connectivity index (χ1n) is 8.51. The van der Waals surface area contributed by atoms with Gasteiger partial charge in [-0.3, -0.25) is 19.1 Å². The van der Waals surface area contributed by atoms with Crippen molar-refractivity contribution in [3.05, 3.63) is 62.3 Å². The maximum absolute atomic E-state index is 12.7. The highest BCUT2D eigenvalue weighted by Crippen LogP contribution is 2.05. The molecule has 0 aliphatic rings. The summed E-state index contributed by atoms with van der Waals surface area (Å²) in [5.41, 5.74) is 5.66.